The Kier molecular flexibility index (Phi) is 3.52. The largest absolute Gasteiger partial charge is 0.368 e. The van der Waals surface area contributed by atoms with E-state index in [2.05, 4.69) is 12.2 Å². The molecule has 5 rings (SSSR count). The van der Waals surface area contributed by atoms with Crippen LogP contribution in [0.25, 0.3) is 0 Å². The topological polar surface area (TPSA) is 38.3 Å². The Morgan fingerprint density at radius 2 is 1.81 bits per heavy atom. The van der Waals surface area contributed by atoms with Gasteiger partial charge in [0, 0.05) is 12.6 Å². The minimum Gasteiger partial charge on any atom is -0.368 e. The summed E-state index contributed by atoms with van der Waals surface area (Å²) in [6.45, 7) is 3.01. The first-order valence-corrected chi connectivity index (χ1v) is 9.10. The lowest BCUT2D eigenvalue weighted by Crippen LogP contribution is -2.57. The maximum absolute atomic E-state index is 12.5. The van der Waals surface area contributed by atoms with E-state index in [1.165, 1.54) is 38.5 Å². The fourth-order valence-corrected chi connectivity index (χ4v) is 6.34. The van der Waals surface area contributed by atoms with Crippen molar-refractivity contribution < 1.29 is 9.53 Å². The number of carbonyl (C=O) groups excluding carboxylic acids is 1. The van der Waals surface area contributed by atoms with E-state index in [4.69, 9.17) is 4.74 Å². The van der Waals surface area contributed by atoms with E-state index in [0.717, 1.165) is 43.6 Å². The molecule has 3 heteroatoms. The van der Waals surface area contributed by atoms with Crippen LogP contribution >= 0.6 is 0 Å². The molecule has 0 radical (unpaired) electrons. The zero-order valence-electron chi connectivity index (χ0n) is 13.3. The van der Waals surface area contributed by atoms with E-state index in [9.17, 15) is 4.79 Å². The normalized spacial score (nSPS) is 45.8. The van der Waals surface area contributed by atoms with Crippen molar-refractivity contribution in [1.82, 2.24) is 5.32 Å². The highest BCUT2D eigenvalue weighted by Gasteiger charge is 2.54. The standard InChI is InChI=1S/C18H29NO2/c1-2-16(19-17(20)15-4-3-5-21-15)18-9-12-6-13(10-18)8-14(7-12)11-18/h12-16H,2-11H2,1H3,(H,19,20). The second-order valence-corrected chi connectivity index (χ2v) is 8.25. The van der Waals surface area contributed by atoms with Crippen molar-refractivity contribution in [2.24, 2.45) is 23.2 Å². The third kappa shape index (κ3) is 2.42. The summed E-state index contributed by atoms with van der Waals surface area (Å²) in [4.78, 5) is 12.5. The van der Waals surface area contributed by atoms with Gasteiger partial charge < -0.3 is 10.1 Å². The van der Waals surface area contributed by atoms with Crippen molar-refractivity contribution in [1.29, 1.82) is 0 Å². The molecule has 0 aromatic rings. The maximum Gasteiger partial charge on any atom is 0.249 e. The van der Waals surface area contributed by atoms with Gasteiger partial charge in [-0.2, -0.15) is 0 Å². The van der Waals surface area contributed by atoms with E-state index in [1.54, 1.807) is 0 Å². The first-order chi connectivity index (χ1) is 10.2. The summed E-state index contributed by atoms with van der Waals surface area (Å²) in [6.07, 6.45) is 11.3. The lowest BCUT2D eigenvalue weighted by atomic mass is 9.47. The molecule has 0 spiro atoms. The molecule has 21 heavy (non-hydrogen) atoms. The molecule has 4 aliphatic carbocycles. The third-order valence-electron chi connectivity index (χ3n) is 6.77. The first kappa shape index (κ1) is 14.0. The molecule has 1 amide bonds. The minimum absolute atomic E-state index is 0.162. The lowest BCUT2D eigenvalue weighted by Gasteiger charge is -2.59. The van der Waals surface area contributed by atoms with Crippen LogP contribution < -0.4 is 5.32 Å². The molecule has 1 aliphatic heterocycles. The van der Waals surface area contributed by atoms with Crippen LogP contribution in [0.3, 0.4) is 0 Å². The molecule has 5 fully saturated rings. The van der Waals surface area contributed by atoms with Crippen LogP contribution in [0.5, 0.6) is 0 Å². The molecular weight excluding hydrogens is 262 g/mol. The smallest absolute Gasteiger partial charge is 0.249 e. The summed E-state index contributed by atoms with van der Waals surface area (Å²) in [6, 6.07) is 0.377. The average molecular weight is 291 g/mol. The van der Waals surface area contributed by atoms with Gasteiger partial charge in [0.1, 0.15) is 6.10 Å². The lowest BCUT2D eigenvalue weighted by molar-refractivity contribution is -0.135. The predicted molar refractivity (Wildman–Crippen MR) is 81.8 cm³/mol. The van der Waals surface area contributed by atoms with Crippen LogP contribution in [0.1, 0.15) is 64.7 Å². The summed E-state index contributed by atoms with van der Waals surface area (Å²) in [7, 11) is 0. The second-order valence-electron chi connectivity index (χ2n) is 8.25. The summed E-state index contributed by atoms with van der Waals surface area (Å²) < 4.78 is 5.57. The van der Waals surface area contributed by atoms with E-state index >= 15 is 0 Å². The van der Waals surface area contributed by atoms with E-state index in [0.29, 0.717) is 11.5 Å². The van der Waals surface area contributed by atoms with Crippen molar-refractivity contribution in [3.8, 4) is 0 Å². The molecule has 3 nitrogen and oxygen atoms in total. The van der Waals surface area contributed by atoms with E-state index in [-0.39, 0.29) is 12.0 Å². The van der Waals surface area contributed by atoms with Gasteiger partial charge in [0.2, 0.25) is 5.91 Å². The Bertz CT molecular complexity index is 378. The maximum atomic E-state index is 12.5. The Hall–Kier alpha value is -0.570. The predicted octanol–water partition coefficient (Wildman–Crippen LogP) is 3.28. The number of rotatable bonds is 4. The van der Waals surface area contributed by atoms with Gasteiger partial charge in [-0.15, -0.1) is 0 Å². The van der Waals surface area contributed by atoms with Crippen molar-refractivity contribution in [2.75, 3.05) is 6.61 Å². The average Bonchev–Trinajstić information content (AvgIpc) is 2.97. The van der Waals surface area contributed by atoms with Gasteiger partial charge in [-0.25, -0.2) is 0 Å². The number of hydrogen-bond acceptors (Lipinski definition) is 2. The van der Waals surface area contributed by atoms with Gasteiger partial charge in [-0.05, 0) is 81.0 Å². The van der Waals surface area contributed by atoms with Gasteiger partial charge in [0.15, 0.2) is 0 Å². The van der Waals surface area contributed by atoms with Gasteiger partial charge >= 0.3 is 0 Å². The molecule has 2 atom stereocenters. The molecule has 4 bridgehead atoms. The van der Waals surface area contributed by atoms with Crippen molar-refractivity contribution in [3.05, 3.63) is 0 Å². The highest BCUT2D eigenvalue weighted by Crippen LogP contribution is 2.61. The summed E-state index contributed by atoms with van der Waals surface area (Å²) in [5, 5.41) is 3.40. The zero-order chi connectivity index (χ0) is 14.4. The number of nitrogens with one attached hydrogen (secondary N) is 1. The number of hydrogen-bond donors (Lipinski definition) is 1. The third-order valence-corrected chi connectivity index (χ3v) is 6.77. The van der Waals surface area contributed by atoms with Crippen LogP contribution in [0, 0.1) is 23.2 Å². The van der Waals surface area contributed by atoms with Gasteiger partial charge in [0.05, 0.1) is 0 Å². The van der Waals surface area contributed by atoms with Crippen LogP contribution in [0.4, 0.5) is 0 Å². The summed E-state index contributed by atoms with van der Waals surface area (Å²) in [5.41, 5.74) is 0.414. The SMILES string of the molecule is CCC(NC(=O)C1CCCO1)C12CC3CC(CC(C3)C1)C2. The minimum atomic E-state index is -0.173. The van der Waals surface area contributed by atoms with Crippen molar-refractivity contribution >= 4 is 5.91 Å². The molecule has 1 heterocycles. The van der Waals surface area contributed by atoms with Crippen LogP contribution in [0.2, 0.25) is 0 Å². The monoisotopic (exact) mass is 291 g/mol. The number of ether oxygens (including phenoxy) is 1. The Labute approximate surface area is 128 Å². The van der Waals surface area contributed by atoms with Crippen LogP contribution in [-0.4, -0.2) is 24.7 Å². The van der Waals surface area contributed by atoms with Gasteiger partial charge in [-0.3, -0.25) is 4.79 Å². The highest BCUT2D eigenvalue weighted by atomic mass is 16.5. The zero-order valence-corrected chi connectivity index (χ0v) is 13.3. The second kappa shape index (κ2) is 5.26. The van der Waals surface area contributed by atoms with Crippen LogP contribution in [-0.2, 0) is 9.53 Å². The molecule has 5 aliphatic rings. The van der Waals surface area contributed by atoms with Crippen LogP contribution in [0.15, 0.2) is 0 Å². The molecule has 1 saturated heterocycles. The number of amides is 1. The van der Waals surface area contributed by atoms with E-state index < -0.39 is 0 Å². The summed E-state index contributed by atoms with van der Waals surface area (Å²) >= 11 is 0. The molecule has 4 saturated carbocycles. The Morgan fingerprint density at radius 1 is 1.19 bits per heavy atom. The molecule has 0 aromatic carbocycles. The Morgan fingerprint density at radius 3 is 2.29 bits per heavy atom. The quantitative estimate of drug-likeness (QED) is 0.863. The van der Waals surface area contributed by atoms with Gasteiger partial charge in [0.25, 0.3) is 0 Å². The molecule has 1 N–H and O–H groups in total. The van der Waals surface area contributed by atoms with Gasteiger partial charge in [-0.1, -0.05) is 6.92 Å². The van der Waals surface area contributed by atoms with Crippen molar-refractivity contribution in [3.63, 3.8) is 0 Å². The molecular formula is C18H29NO2. The molecule has 2 unspecified atom stereocenters. The fourth-order valence-electron chi connectivity index (χ4n) is 6.34. The molecule has 0 aromatic heterocycles. The summed E-state index contributed by atoms with van der Waals surface area (Å²) in [5.74, 6) is 3.01. The number of carbonyl (C=O) groups is 1. The van der Waals surface area contributed by atoms with E-state index in [1.807, 2.05) is 0 Å². The first-order valence-electron chi connectivity index (χ1n) is 9.10. The fraction of sp³-hybridized carbons (Fsp3) is 0.944. The highest BCUT2D eigenvalue weighted by molar-refractivity contribution is 5.81. The van der Waals surface area contributed by atoms with Crippen molar-refractivity contribution in [2.45, 2.75) is 76.9 Å². The Balaban J connectivity index is 1.48. The molecule has 118 valence electrons.